The van der Waals surface area contributed by atoms with Crippen molar-refractivity contribution in [3.63, 3.8) is 0 Å². The second kappa shape index (κ2) is 4.02. The fraction of sp³-hybridized carbons (Fsp3) is 0.222. The molecule has 0 saturated carbocycles. The molecule has 0 bridgehead atoms. The molecule has 4 heteroatoms. The highest BCUT2D eigenvalue weighted by Crippen LogP contribution is 2.11. The molecular formula is C9H12N3O. The molecule has 0 fully saturated rings. The second-order valence-electron chi connectivity index (χ2n) is 2.79. The third kappa shape index (κ3) is 2.27. The highest BCUT2D eigenvalue weighted by Gasteiger charge is 2.11. The van der Waals surface area contributed by atoms with Crippen molar-refractivity contribution < 1.29 is 4.79 Å². The Morgan fingerprint density at radius 1 is 1.38 bits per heavy atom. The predicted octanol–water partition coefficient (Wildman–Crippen LogP) is -0.0454. The molecule has 0 saturated heterocycles. The van der Waals surface area contributed by atoms with Crippen molar-refractivity contribution in [1.29, 1.82) is 0 Å². The fourth-order valence-corrected chi connectivity index (χ4v) is 1.01. The number of carbonyl (C=O) groups is 1. The number of benzene rings is 1. The van der Waals surface area contributed by atoms with Crippen molar-refractivity contribution in [1.82, 2.24) is 5.73 Å². The van der Waals surface area contributed by atoms with Crippen LogP contribution in [0.5, 0.6) is 0 Å². The van der Waals surface area contributed by atoms with Crippen LogP contribution in [0.4, 0.5) is 0 Å². The van der Waals surface area contributed by atoms with Gasteiger partial charge < -0.3 is 11.5 Å². The minimum absolute atomic E-state index is 0.463. The topological polar surface area (TPSA) is 92.9 Å². The smallest absolute Gasteiger partial charge is 0.259 e. The standard InChI is InChI=1S/C9H12N3O/c10-5-6-1-3-7(4-2-6)8(11)9(12)13/h1-4,8,12H,5,10-11H2. The first kappa shape index (κ1) is 9.70. The summed E-state index contributed by atoms with van der Waals surface area (Å²) in [5.41, 5.74) is 19.3. The van der Waals surface area contributed by atoms with Crippen molar-refractivity contribution in [3.8, 4) is 0 Å². The monoisotopic (exact) mass is 178 g/mol. The maximum atomic E-state index is 10.6. The lowest BCUT2D eigenvalue weighted by Crippen LogP contribution is -2.21. The number of nitrogens with one attached hydrogen (secondary N) is 1. The van der Waals surface area contributed by atoms with Gasteiger partial charge in [-0.05, 0) is 11.1 Å². The van der Waals surface area contributed by atoms with Crippen molar-refractivity contribution in [3.05, 3.63) is 35.4 Å². The average molecular weight is 178 g/mol. The van der Waals surface area contributed by atoms with E-state index in [0.29, 0.717) is 12.1 Å². The van der Waals surface area contributed by atoms with Crippen LogP contribution < -0.4 is 17.2 Å². The van der Waals surface area contributed by atoms with Crippen LogP contribution in [0.25, 0.3) is 0 Å². The highest BCUT2D eigenvalue weighted by molar-refractivity contribution is 5.80. The highest BCUT2D eigenvalue weighted by atomic mass is 16.1. The number of carbonyl (C=O) groups excluding carboxylic acids is 1. The van der Waals surface area contributed by atoms with Gasteiger partial charge in [-0.2, -0.15) is 0 Å². The van der Waals surface area contributed by atoms with Gasteiger partial charge in [0.1, 0.15) is 6.04 Å². The second-order valence-corrected chi connectivity index (χ2v) is 2.79. The van der Waals surface area contributed by atoms with Gasteiger partial charge in [-0.15, -0.1) is 0 Å². The number of hydrogen-bond donors (Lipinski definition) is 2. The molecule has 0 spiro atoms. The number of hydrogen-bond acceptors (Lipinski definition) is 3. The lowest BCUT2D eigenvalue weighted by Gasteiger charge is -2.07. The Bertz CT molecular complexity index is 294. The van der Waals surface area contributed by atoms with Crippen molar-refractivity contribution in [2.24, 2.45) is 11.5 Å². The number of nitrogens with two attached hydrogens (primary N) is 2. The minimum Gasteiger partial charge on any atom is -0.326 e. The summed E-state index contributed by atoms with van der Waals surface area (Å²) in [5.74, 6) is -0.777. The van der Waals surface area contributed by atoms with Crippen LogP contribution >= 0.6 is 0 Å². The van der Waals surface area contributed by atoms with Gasteiger partial charge in [-0.3, -0.25) is 10.5 Å². The molecule has 5 N–H and O–H groups in total. The first-order valence-corrected chi connectivity index (χ1v) is 3.95. The molecule has 1 atom stereocenters. The predicted molar refractivity (Wildman–Crippen MR) is 49.4 cm³/mol. The normalized spacial score (nSPS) is 12.5. The first-order valence-electron chi connectivity index (χ1n) is 3.95. The summed E-state index contributed by atoms with van der Waals surface area (Å²) in [6, 6.07) is 6.21. The molecule has 1 aromatic rings. The van der Waals surface area contributed by atoms with E-state index in [4.69, 9.17) is 17.2 Å². The van der Waals surface area contributed by atoms with Gasteiger partial charge in [0.05, 0.1) is 0 Å². The third-order valence-electron chi connectivity index (χ3n) is 1.86. The van der Waals surface area contributed by atoms with Crippen molar-refractivity contribution in [2.75, 3.05) is 0 Å². The zero-order valence-corrected chi connectivity index (χ0v) is 7.16. The third-order valence-corrected chi connectivity index (χ3v) is 1.86. The average Bonchev–Trinajstić information content (AvgIpc) is 2.17. The Kier molecular flexibility index (Phi) is 3.00. The Hall–Kier alpha value is -1.39. The molecular weight excluding hydrogens is 166 g/mol. The molecule has 69 valence electrons. The Labute approximate surface area is 76.7 Å². The van der Waals surface area contributed by atoms with E-state index in [0.717, 1.165) is 5.56 Å². The van der Waals surface area contributed by atoms with E-state index in [1.807, 2.05) is 0 Å². The molecule has 0 aliphatic rings. The maximum absolute atomic E-state index is 10.6. The largest absolute Gasteiger partial charge is 0.326 e. The van der Waals surface area contributed by atoms with Crippen LogP contribution in [-0.2, 0) is 11.3 Å². The molecule has 0 aliphatic carbocycles. The minimum atomic E-state index is -0.841. The molecule has 1 aromatic carbocycles. The van der Waals surface area contributed by atoms with Gasteiger partial charge in [0.25, 0.3) is 5.91 Å². The first-order chi connectivity index (χ1) is 6.15. The van der Waals surface area contributed by atoms with Gasteiger partial charge in [0.2, 0.25) is 0 Å². The van der Waals surface area contributed by atoms with Gasteiger partial charge in [0.15, 0.2) is 0 Å². The van der Waals surface area contributed by atoms with Gasteiger partial charge in [0, 0.05) is 6.54 Å². The van der Waals surface area contributed by atoms with E-state index in [2.05, 4.69) is 0 Å². The fourth-order valence-electron chi connectivity index (χ4n) is 1.01. The van der Waals surface area contributed by atoms with Crippen LogP contribution in [0.2, 0.25) is 0 Å². The summed E-state index contributed by atoms with van der Waals surface area (Å²) in [6.07, 6.45) is 0. The van der Waals surface area contributed by atoms with Crippen LogP contribution in [0.15, 0.2) is 24.3 Å². The zero-order valence-electron chi connectivity index (χ0n) is 7.16. The van der Waals surface area contributed by atoms with Crippen LogP contribution in [-0.4, -0.2) is 5.91 Å². The Balaban J connectivity index is 2.85. The van der Waals surface area contributed by atoms with E-state index in [1.54, 1.807) is 24.3 Å². The van der Waals surface area contributed by atoms with E-state index < -0.39 is 11.9 Å². The van der Waals surface area contributed by atoms with Crippen LogP contribution in [0.3, 0.4) is 0 Å². The van der Waals surface area contributed by atoms with Crippen molar-refractivity contribution in [2.45, 2.75) is 12.6 Å². The van der Waals surface area contributed by atoms with Crippen LogP contribution in [0.1, 0.15) is 17.2 Å². The Morgan fingerprint density at radius 3 is 2.31 bits per heavy atom. The summed E-state index contributed by atoms with van der Waals surface area (Å²) in [6.45, 7) is 0.463. The molecule has 0 aromatic heterocycles. The lowest BCUT2D eigenvalue weighted by molar-refractivity contribution is -0.120. The van der Waals surface area contributed by atoms with E-state index >= 15 is 0 Å². The molecule has 1 amide bonds. The molecule has 0 aliphatic heterocycles. The SMILES string of the molecule is [NH]C(=O)C(N)c1ccc(CN)cc1. The molecule has 1 unspecified atom stereocenters. The lowest BCUT2D eigenvalue weighted by atomic mass is 10.1. The zero-order chi connectivity index (χ0) is 9.84. The quantitative estimate of drug-likeness (QED) is 0.679. The number of amides is 1. The van der Waals surface area contributed by atoms with Gasteiger partial charge in [-0.1, -0.05) is 24.3 Å². The maximum Gasteiger partial charge on any atom is 0.259 e. The molecule has 13 heavy (non-hydrogen) atoms. The van der Waals surface area contributed by atoms with E-state index in [1.165, 1.54) is 0 Å². The summed E-state index contributed by atoms with van der Waals surface area (Å²) in [7, 11) is 0. The summed E-state index contributed by atoms with van der Waals surface area (Å²) >= 11 is 0. The van der Waals surface area contributed by atoms with E-state index in [9.17, 15) is 4.79 Å². The van der Waals surface area contributed by atoms with Crippen LogP contribution in [0, 0.1) is 0 Å². The Morgan fingerprint density at radius 2 is 1.92 bits per heavy atom. The van der Waals surface area contributed by atoms with E-state index in [-0.39, 0.29) is 0 Å². The van der Waals surface area contributed by atoms with Gasteiger partial charge >= 0.3 is 0 Å². The molecule has 1 rings (SSSR count). The molecule has 1 radical (unpaired) electrons. The summed E-state index contributed by atoms with van der Waals surface area (Å²) in [5, 5.41) is 0. The summed E-state index contributed by atoms with van der Waals surface area (Å²) < 4.78 is 0. The van der Waals surface area contributed by atoms with Crippen molar-refractivity contribution >= 4 is 5.91 Å². The number of rotatable bonds is 3. The summed E-state index contributed by atoms with van der Waals surface area (Å²) in [4.78, 5) is 10.6. The van der Waals surface area contributed by atoms with Gasteiger partial charge in [-0.25, -0.2) is 0 Å². The molecule has 4 nitrogen and oxygen atoms in total. The molecule has 0 heterocycles.